The van der Waals surface area contributed by atoms with Crippen LogP contribution in [0.1, 0.15) is 30.5 Å². The fraction of sp³-hybridized carbons (Fsp3) is 0.424. The van der Waals surface area contributed by atoms with Crippen LogP contribution in [0.25, 0.3) is 0 Å². The average molecular weight is 572 g/mol. The lowest BCUT2D eigenvalue weighted by molar-refractivity contribution is -0.145. The van der Waals surface area contributed by atoms with E-state index in [0.29, 0.717) is 19.6 Å². The van der Waals surface area contributed by atoms with Crippen LogP contribution in [0.5, 0.6) is 0 Å². The smallest absolute Gasteiger partial charge is 0.251 e. The normalized spacial score (nSPS) is 31.6. The number of nitrogens with zero attached hydrogens (tertiary/aromatic N) is 3. The van der Waals surface area contributed by atoms with Crippen LogP contribution < -0.4 is 4.90 Å². The number of anilines is 1. The van der Waals surface area contributed by atoms with Crippen LogP contribution in [0, 0.1) is 25.7 Å². The molecular weight excluding hydrogens is 534 g/mol. The molecule has 8 heteroatoms. The number of carbonyl (C=O) groups is 3. The summed E-state index contributed by atoms with van der Waals surface area (Å²) in [6.07, 6.45) is 8.14. The average Bonchev–Trinajstić information content (AvgIpc) is 3.23. The van der Waals surface area contributed by atoms with E-state index < -0.39 is 33.4 Å². The summed E-state index contributed by atoms with van der Waals surface area (Å²) < 4.78 is -1.62. The maximum atomic E-state index is 14.7. The Bertz CT molecular complexity index is 1440. The number of likely N-dealkylation sites (tertiary alicyclic amines) is 1. The SMILES string of the molecule is Cc1cccc(C)c1N1CC=C[C@]23S[C@]4(C)C=CCN(Cc5ccccc5)C(=O)[C@@H]4[C@H]2C(=O)N([C@H](C)CO)C3C1=O. The molecule has 0 bridgehead atoms. The molecule has 0 aromatic heterocycles. The minimum absolute atomic E-state index is 0.0713. The number of rotatable bonds is 5. The molecule has 3 amide bonds. The molecule has 0 radical (unpaired) electrons. The van der Waals surface area contributed by atoms with E-state index in [4.69, 9.17) is 0 Å². The first-order chi connectivity index (χ1) is 19.6. The van der Waals surface area contributed by atoms with Crippen molar-refractivity contribution in [2.24, 2.45) is 11.8 Å². The zero-order valence-electron chi connectivity index (χ0n) is 24.0. The second-order valence-electron chi connectivity index (χ2n) is 12.0. The van der Waals surface area contributed by atoms with E-state index in [2.05, 4.69) is 6.08 Å². The Balaban J connectivity index is 1.46. The van der Waals surface area contributed by atoms with E-state index in [1.165, 1.54) is 0 Å². The third-order valence-corrected chi connectivity index (χ3v) is 11.0. The molecule has 7 nitrogen and oxygen atoms in total. The lowest BCUT2D eigenvalue weighted by atomic mass is 9.74. The van der Waals surface area contributed by atoms with Gasteiger partial charge in [-0.05, 0) is 44.4 Å². The largest absolute Gasteiger partial charge is 0.394 e. The Hall–Kier alpha value is -3.36. The summed E-state index contributed by atoms with van der Waals surface area (Å²) in [6.45, 7) is 8.80. The van der Waals surface area contributed by atoms with Gasteiger partial charge in [0.1, 0.15) is 6.04 Å². The predicted molar refractivity (Wildman–Crippen MR) is 161 cm³/mol. The summed E-state index contributed by atoms with van der Waals surface area (Å²) in [4.78, 5) is 48.8. The number of amides is 3. The van der Waals surface area contributed by atoms with Gasteiger partial charge in [0.2, 0.25) is 11.8 Å². The number of para-hydroxylation sites is 1. The summed E-state index contributed by atoms with van der Waals surface area (Å²) >= 11 is 1.57. The van der Waals surface area contributed by atoms with Crippen LogP contribution >= 0.6 is 11.8 Å². The van der Waals surface area contributed by atoms with Crippen molar-refractivity contribution in [2.45, 2.75) is 55.8 Å². The number of aliphatic hydroxyl groups is 1. The van der Waals surface area contributed by atoms with Crippen LogP contribution in [0.3, 0.4) is 0 Å². The van der Waals surface area contributed by atoms with Crippen LogP contribution in [0.4, 0.5) is 5.69 Å². The number of hydrogen-bond acceptors (Lipinski definition) is 5. The van der Waals surface area contributed by atoms with Crippen LogP contribution in [0.2, 0.25) is 0 Å². The van der Waals surface area contributed by atoms with Gasteiger partial charge in [-0.15, -0.1) is 11.8 Å². The van der Waals surface area contributed by atoms with Crippen molar-refractivity contribution in [3.8, 4) is 0 Å². The van der Waals surface area contributed by atoms with E-state index in [1.54, 1.807) is 28.5 Å². The van der Waals surface area contributed by atoms with Crippen molar-refractivity contribution in [3.05, 3.63) is 89.5 Å². The minimum atomic E-state index is -0.946. The Morgan fingerprint density at radius 3 is 2.27 bits per heavy atom. The Kier molecular flexibility index (Phi) is 6.90. The van der Waals surface area contributed by atoms with E-state index in [9.17, 15) is 19.5 Å². The zero-order valence-corrected chi connectivity index (χ0v) is 24.8. The first-order valence-corrected chi connectivity index (χ1v) is 15.1. The number of aryl methyl sites for hydroxylation is 2. The first kappa shape index (κ1) is 27.8. The maximum absolute atomic E-state index is 14.7. The molecule has 2 fully saturated rings. The third-order valence-electron chi connectivity index (χ3n) is 9.24. The number of carbonyl (C=O) groups excluding carboxylic acids is 3. The van der Waals surface area contributed by atoms with E-state index in [1.807, 2.05) is 92.4 Å². The van der Waals surface area contributed by atoms with Crippen molar-refractivity contribution >= 4 is 35.2 Å². The van der Waals surface area contributed by atoms with Crippen molar-refractivity contribution in [1.29, 1.82) is 0 Å². The van der Waals surface area contributed by atoms with Crippen molar-refractivity contribution < 1.29 is 19.5 Å². The maximum Gasteiger partial charge on any atom is 0.251 e. The molecule has 2 aromatic carbocycles. The molecule has 1 spiro atoms. The topological polar surface area (TPSA) is 81.2 Å². The van der Waals surface area contributed by atoms with Gasteiger partial charge in [-0.1, -0.05) is 72.8 Å². The summed E-state index contributed by atoms with van der Waals surface area (Å²) in [7, 11) is 0. The molecule has 0 saturated carbocycles. The fourth-order valence-corrected chi connectivity index (χ4v) is 9.60. The van der Waals surface area contributed by atoms with Crippen molar-refractivity contribution in [1.82, 2.24) is 9.80 Å². The monoisotopic (exact) mass is 571 g/mol. The molecule has 2 saturated heterocycles. The first-order valence-electron chi connectivity index (χ1n) is 14.3. The standard InChI is InChI=1S/C33H37N3O4S/c1-21-11-8-12-22(2)27(21)35-18-10-16-33-26(30(39)36(23(3)20-37)28(33)31(35)40)25-29(38)34(17-9-15-32(25,4)41-33)19-24-13-6-5-7-14-24/h5-16,23,25-26,28,37H,17-20H2,1-4H3/t23-,25+,26+,28?,32-,33+/m1/s1. The van der Waals surface area contributed by atoms with Crippen LogP contribution in [-0.2, 0) is 20.9 Å². The molecule has 1 N–H and O–H groups in total. The molecule has 6 atom stereocenters. The predicted octanol–water partition coefficient (Wildman–Crippen LogP) is 3.87. The molecule has 6 rings (SSSR count). The van der Waals surface area contributed by atoms with Gasteiger partial charge in [-0.2, -0.15) is 0 Å². The van der Waals surface area contributed by atoms with Crippen LogP contribution in [0.15, 0.2) is 72.8 Å². The highest BCUT2D eigenvalue weighted by molar-refractivity contribution is 8.02. The number of thioether (sulfide) groups is 1. The van der Waals surface area contributed by atoms with Crippen LogP contribution in [-0.4, -0.2) is 73.9 Å². The molecule has 4 heterocycles. The van der Waals surface area contributed by atoms with Crippen molar-refractivity contribution in [2.75, 3.05) is 24.6 Å². The summed E-state index contributed by atoms with van der Waals surface area (Å²) in [5, 5.41) is 10.2. The third kappa shape index (κ3) is 4.17. The Labute approximate surface area is 245 Å². The molecule has 214 valence electrons. The lowest BCUT2D eigenvalue weighted by Crippen LogP contribution is -2.56. The fourth-order valence-electron chi connectivity index (χ4n) is 7.45. The molecular formula is C33H37N3O4S. The highest BCUT2D eigenvalue weighted by atomic mass is 32.2. The molecule has 41 heavy (non-hydrogen) atoms. The number of aliphatic hydroxyl groups excluding tert-OH is 1. The Morgan fingerprint density at radius 2 is 1.59 bits per heavy atom. The second-order valence-corrected chi connectivity index (χ2v) is 13.8. The van der Waals surface area contributed by atoms with Gasteiger partial charge in [-0.3, -0.25) is 14.4 Å². The number of hydrogen-bond donors (Lipinski definition) is 1. The summed E-state index contributed by atoms with van der Waals surface area (Å²) in [5.74, 6) is -1.86. The Morgan fingerprint density at radius 1 is 0.902 bits per heavy atom. The van der Waals surface area contributed by atoms with E-state index >= 15 is 0 Å². The minimum Gasteiger partial charge on any atom is -0.394 e. The van der Waals surface area contributed by atoms with Gasteiger partial charge in [0, 0.05) is 30.1 Å². The van der Waals surface area contributed by atoms with E-state index in [-0.39, 0.29) is 24.3 Å². The summed E-state index contributed by atoms with van der Waals surface area (Å²) in [6, 6.07) is 14.4. The molecule has 4 aliphatic heterocycles. The highest BCUT2D eigenvalue weighted by Crippen LogP contribution is 2.66. The highest BCUT2D eigenvalue weighted by Gasteiger charge is 2.74. The van der Waals surface area contributed by atoms with Crippen molar-refractivity contribution in [3.63, 3.8) is 0 Å². The number of fused-ring (bicyclic) bond motifs is 2. The molecule has 0 aliphatic carbocycles. The summed E-state index contributed by atoms with van der Waals surface area (Å²) in [5.41, 5.74) is 3.84. The number of benzene rings is 2. The lowest BCUT2D eigenvalue weighted by Gasteiger charge is -2.39. The van der Waals surface area contributed by atoms with E-state index in [0.717, 1.165) is 22.4 Å². The quantitative estimate of drug-likeness (QED) is 0.551. The molecule has 1 unspecified atom stereocenters. The van der Waals surface area contributed by atoms with Gasteiger partial charge < -0.3 is 19.8 Å². The second kappa shape index (κ2) is 10.2. The van der Waals surface area contributed by atoms with Gasteiger partial charge in [0.25, 0.3) is 5.91 Å². The van der Waals surface area contributed by atoms with Gasteiger partial charge in [0.15, 0.2) is 0 Å². The molecule has 4 aliphatic rings. The molecule has 2 aromatic rings. The zero-order chi connectivity index (χ0) is 29.1. The van der Waals surface area contributed by atoms with Gasteiger partial charge >= 0.3 is 0 Å². The van der Waals surface area contributed by atoms with Gasteiger partial charge in [0.05, 0.1) is 29.2 Å². The van der Waals surface area contributed by atoms with Gasteiger partial charge in [-0.25, -0.2) is 0 Å².